The summed E-state index contributed by atoms with van der Waals surface area (Å²) >= 11 is 0. The summed E-state index contributed by atoms with van der Waals surface area (Å²) in [5.41, 5.74) is 8.04. The van der Waals surface area contributed by atoms with Gasteiger partial charge in [0.15, 0.2) is 0 Å². The van der Waals surface area contributed by atoms with Crippen molar-refractivity contribution in [1.29, 1.82) is 0 Å². The monoisotopic (exact) mass is 283 g/mol. The first kappa shape index (κ1) is 13.9. The van der Waals surface area contributed by atoms with Gasteiger partial charge in [-0.25, -0.2) is 4.79 Å². The van der Waals surface area contributed by atoms with Crippen LogP contribution in [0.1, 0.15) is 37.8 Å². The van der Waals surface area contributed by atoms with Crippen molar-refractivity contribution in [3.05, 3.63) is 48.0 Å². The number of nitrogens with two attached hydrogens (primary N) is 1. The van der Waals surface area contributed by atoms with Crippen molar-refractivity contribution in [1.82, 2.24) is 4.90 Å². The van der Waals surface area contributed by atoms with E-state index in [4.69, 9.17) is 5.73 Å². The molecule has 0 bridgehead atoms. The topological polar surface area (TPSA) is 58.7 Å². The predicted octanol–water partition coefficient (Wildman–Crippen LogP) is 2.93. The number of hydrogen-bond donors (Lipinski definition) is 1. The third kappa shape index (κ3) is 1.75. The second-order valence-corrected chi connectivity index (χ2v) is 6.47. The van der Waals surface area contributed by atoms with Crippen LogP contribution in [0, 0.1) is 0 Å². The van der Waals surface area contributed by atoms with E-state index < -0.39 is 5.54 Å². The van der Waals surface area contributed by atoms with Crippen molar-refractivity contribution in [3.8, 4) is 0 Å². The van der Waals surface area contributed by atoms with E-state index in [9.17, 15) is 4.79 Å². The number of nitrogens with zero attached hydrogens (tertiary/aromatic N) is 2. The number of fused-ring (bicyclic) bond motifs is 2. The van der Waals surface area contributed by atoms with Crippen LogP contribution >= 0.6 is 0 Å². The van der Waals surface area contributed by atoms with Gasteiger partial charge in [0, 0.05) is 6.54 Å². The summed E-state index contributed by atoms with van der Waals surface area (Å²) in [6.45, 7) is 8.69. The zero-order valence-electron chi connectivity index (χ0n) is 12.6. The molecule has 1 unspecified atom stereocenters. The van der Waals surface area contributed by atoms with Crippen LogP contribution in [0.2, 0.25) is 0 Å². The summed E-state index contributed by atoms with van der Waals surface area (Å²) in [7, 11) is 0. The first-order chi connectivity index (χ1) is 9.93. The van der Waals surface area contributed by atoms with Gasteiger partial charge in [0.05, 0.1) is 0 Å². The number of aliphatic imine (C=N–C) groups is 1. The lowest BCUT2D eigenvalue weighted by Gasteiger charge is -2.47. The SMILES string of the molecule is C=CCN1C(=O)N=C(N)C12CCC(C)(C)c1ccccc12. The maximum atomic E-state index is 12.2. The van der Waals surface area contributed by atoms with Gasteiger partial charge in [0.25, 0.3) is 0 Å². The van der Waals surface area contributed by atoms with Gasteiger partial charge in [-0.1, -0.05) is 44.2 Å². The highest BCUT2D eigenvalue weighted by Crippen LogP contribution is 2.49. The van der Waals surface area contributed by atoms with E-state index in [1.807, 2.05) is 12.1 Å². The van der Waals surface area contributed by atoms with E-state index in [2.05, 4.69) is 37.6 Å². The number of benzene rings is 1. The second-order valence-electron chi connectivity index (χ2n) is 6.47. The van der Waals surface area contributed by atoms with Gasteiger partial charge in [-0.05, 0) is 29.4 Å². The Kier molecular flexibility index (Phi) is 2.94. The van der Waals surface area contributed by atoms with E-state index in [1.165, 1.54) is 5.56 Å². The van der Waals surface area contributed by atoms with E-state index >= 15 is 0 Å². The fraction of sp³-hybridized carbons (Fsp3) is 0.412. The lowest BCUT2D eigenvalue weighted by Crippen LogP contribution is -2.55. The largest absolute Gasteiger partial charge is 0.385 e. The standard InChI is InChI=1S/C17H21N3O/c1-4-11-20-15(21)19-14(18)17(20)10-9-16(2,3)12-7-5-6-8-13(12)17/h4-8H,1,9-11H2,2-3H3,(H2,18,19,21). The van der Waals surface area contributed by atoms with Gasteiger partial charge < -0.3 is 10.6 Å². The summed E-state index contributed by atoms with van der Waals surface area (Å²) < 4.78 is 0. The maximum Gasteiger partial charge on any atom is 0.346 e. The van der Waals surface area contributed by atoms with Crippen LogP contribution in [0.25, 0.3) is 0 Å². The summed E-state index contributed by atoms with van der Waals surface area (Å²) in [5.74, 6) is 0.414. The summed E-state index contributed by atoms with van der Waals surface area (Å²) in [6, 6.07) is 8.00. The van der Waals surface area contributed by atoms with Gasteiger partial charge in [0.2, 0.25) is 0 Å². The summed E-state index contributed by atoms with van der Waals surface area (Å²) in [5, 5.41) is 0. The lowest BCUT2D eigenvalue weighted by atomic mass is 9.64. The average Bonchev–Trinajstić information content (AvgIpc) is 2.68. The molecule has 3 rings (SSSR count). The smallest absolute Gasteiger partial charge is 0.346 e. The van der Waals surface area contributed by atoms with Crippen LogP contribution in [0.5, 0.6) is 0 Å². The molecule has 0 saturated carbocycles. The molecule has 21 heavy (non-hydrogen) atoms. The van der Waals surface area contributed by atoms with Crippen molar-refractivity contribution in [2.45, 2.75) is 37.6 Å². The van der Waals surface area contributed by atoms with Gasteiger partial charge in [-0.15, -0.1) is 6.58 Å². The minimum atomic E-state index is -0.600. The Bertz CT molecular complexity index is 647. The van der Waals surface area contributed by atoms with Crippen LogP contribution in [0.3, 0.4) is 0 Å². The lowest BCUT2D eigenvalue weighted by molar-refractivity contribution is 0.158. The minimum absolute atomic E-state index is 0.0770. The molecular weight excluding hydrogens is 262 g/mol. The molecule has 1 aromatic rings. The van der Waals surface area contributed by atoms with E-state index in [0.717, 1.165) is 18.4 Å². The Morgan fingerprint density at radius 1 is 1.33 bits per heavy atom. The molecule has 2 aliphatic rings. The number of urea groups is 1. The summed E-state index contributed by atoms with van der Waals surface area (Å²) in [6.07, 6.45) is 3.49. The Hall–Kier alpha value is -2.10. The number of carbonyl (C=O) groups is 1. The molecule has 4 heteroatoms. The predicted molar refractivity (Wildman–Crippen MR) is 84.3 cm³/mol. The second kappa shape index (κ2) is 4.45. The van der Waals surface area contributed by atoms with E-state index in [-0.39, 0.29) is 11.4 Å². The fourth-order valence-corrected chi connectivity index (χ4v) is 3.66. The van der Waals surface area contributed by atoms with Crippen molar-refractivity contribution in [2.75, 3.05) is 6.54 Å². The molecule has 2 N–H and O–H groups in total. The highest BCUT2D eigenvalue weighted by Gasteiger charge is 2.53. The number of amides is 2. The number of hydrogen-bond acceptors (Lipinski definition) is 2. The minimum Gasteiger partial charge on any atom is -0.385 e. The zero-order chi connectivity index (χ0) is 15.3. The molecule has 1 atom stereocenters. The number of carbonyl (C=O) groups excluding carboxylic acids is 1. The Morgan fingerprint density at radius 3 is 2.67 bits per heavy atom. The van der Waals surface area contributed by atoms with E-state index in [1.54, 1.807) is 11.0 Å². The fourth-order valence-electron chi connectivity index (χ4n) is 3.66. The molecule has 4 nitrogen and oxygen atoms in total. The first-order valence-electron chi connectivity index (χ1n) is 7.30. The van der Waals surface area contributed by atoms with Crippen molar-refractivity contribution < 1.29 is 4.79 Å². The normalized spacial score (nSPS) is 26.7. The molecule has 0 saturated heterocycles. The molecule has 2 amide bonds. The summed E-state index contributed by atoms with van der Waals surface area (Å²) in [4.78, 5) is 18.0. The number of rotatable bonds is 2. The molecule has 0 fully saturated rings. The van der Waals surface area contributed by atoms with Crippen molar-refractivity contribution in [3.63, 3.8) is 0 Å². The zero-order valence-corrected chi connectivity index (χ0v) is 12.6. The molecule has 1 aliphatic carbocycles. The Morgan fingerprint density at radius 2 is 2.00 bits per heavy atom. The van der Waals surface area contributed by atoms with Crippen LogP contribution in [-0.4, -0.2) is 23.3 Å². The third-order valence-corrected chi connectivity index (χ3v) is 4.86. The molecule has 1 aliphatic heterocycles. The molecule has 1 spiro atoms. The van der Waals surface area contributed by atoms with Crippen molar-refractivity contribution >= 4 is 11.9 Å². The molecule has 1 aromatic carbocycles. The van der Waals surface area contributed by atoms with Crippen LogP contribution < -0.4 is 5.73 Å². The first-order valence-corrected chi connectivity index (χ1v) is 7.30. The number of amidine groups is 1. The molecule has 0 radical (unpaired) electrons. The van der Waals surface area contributed by atoms with Crippen LogP contribution in [-0.2, 0) is 11.0 Å². The highest BCUT2D eigenvalue weighted by atomic mass is 16.2. The Balaban J connectivity index is 2.24. The average molecular weight is 283 g/mol. The maximum absolute atomic E-state index is 12.2. The van der Waals surface area contributed by atoms with Gasteiger partial charge in [0.1, 0.15) is 11.4 Å². The molecule has 0 aromatic heterocycles. The van der Waals surface area contributed by atoms with Crippen LogP contribution in [0.15, 0.2) is 41.9 Å². The third-order valence-electron chi connectivity index (χ3n) is 4.86. The molecular formula is C17H21N3O. The molecule has 110 valence electrons. The van der Waals surface area contributed by atoms with Gasteiger partial charge in [-0.2, -0.15) is 4.99 Å². The van der Waals surface area contributed by atoms with Crippen LogP contribution in [0.4, 0.5) is 4.79 Å². The van der Waals surface area contributed by atoms with E-state index in [0.29, 0.717) is 12.4 Å². The van der Waals surface area contributed by atoms with Gasteiger partial charge >= 0.3 is 6.03 Å². The molecule has 1 heterocycles. The van der Waals surface area contributed by atoms with Gasteiger partial charge in [-0.3, -0.25) is 0 Å². The highest BCUT2D eigenvalue weighted by molar-refractivity contribution is 6.06. The van der Waals surface area contributed by atoms with Crippen molar-refractivity contribution in [2.24, 2.45) is 10.7 Å². The quantitative estimate of drug-likeness (QED) is 0.848. The Labute approximate surface area is 125 Å².